The number of anilines is 1. The van der Waals surface area contributed by atoms with Gasteiger partial charge in [0, 0.05) is 18.3 Å². The first kappa shape index (κ1) is 13.5. The van der Waals surface area contributed by atoms with E-state index in [0.29, 0.717) is 11.0 Å². The van der Waals surface area contributed by atoms with Crippen molar-refractivity contribution >= 4 is 27.3 Å². The molecule has 1 N–H and O–H groups in total. The van der Waals surface area contributed by atoms with Gasteiger partial charge in [0.05, 0.1) is 4.92 Å². The second-order valence-corrected chi connectivity index (χ2v) is 4.97. The first-order chi connectivity index (χ1) is 9.09. The van der Waals surface area contributed by atoms with Gasteiger partial charge in [0.25, 0.3) is 5.69 Å². The Kier molecular flexibility index (Phi) is 4.16. The fourth-order valence-corrected chi connectivity index (χ4v) is 2.35. The molecule has 4 nitrogen and oxygen atoms in total. The summed E-state index contributed by atoms with van der Waals surface area (Å²) in [6.45, 7) is 2.55. The molecule has 5 heteroatoms. The van der Waals surface area contributed by atoms with Crippen molar-refractivity contribution in [2.45, 2.75) is 13.5 Å². The van der Waals surface area contributed by atoms with Crippen molar-refractivity contribution in [1.29, 1.82) is 0 Å². The number of nitro benzene ring substituents is 1. The second-order valence-electron chi connectivity index (χ2n) is 4.18. The van der Waals surface area contributed by atoms with E-state index in [0.717, 1.165) is 16.8 Å². The van der Waals surface area contributed by atoms with Gasteiger partial charge in [-0.15, -0.1) is 0 Å². The summed E-state index contributed by atoms with van der Waals surface area (Å²) in [5.41, 5.74) is 3.12. The van der Waals surface area contributed by atoms with E-state index in [1.807, 2.05) is 37.3 Å². The molecule has 0 radical (unpaired) electrons. The fourth-order valence-electron chi connectivity index (χ4n) is 1.81. The summed E-state index contributed by atoms with van der Waals surface area (Å²) in [6.07, 6.45) is 0. The summed E-state index contributed by atoms with van der Waals surface area (Å²) >= 11 is 3.29. The zero-order valence-corrected chi connectivity index (χ0v) is 12.0. The van der Waals surface area contributed by atoms with Gasteiger partial charge in [-0.1, -0.05) is 30.3 Å². The largest absolute Gasteiger partial charge is 0.381 e. The number of nitrogens with one attached hydrogen (secondary N) is 1. The summed E-state index contributed by atoms with van der Waals surface area (Å²) in [7, 11) is 0. The van der Waals surface area contributed by atoms with Crippen LogP contribution < -0.4 is 5.32 Å². The highest BCUT2D eigenvalue weighted by Crippen LogP contribution is 2.29. The number of nitro groups is 1. The lowest BCUT2D eigenvalue weighted by Crippen LogP contribution is -2.02. The van der Waals surface area contributed by atoms with Crippen LogP contribution in [-0.4, -0.2) is 4.92 Å². The van der Waals surface area contributed by atoms with Crippen molar-refractivity contribution in [1.82, 2.24) is 0 Å². The molecule has 2 rings (SSSR count). The third-order valence-electron chi connectivity index (χ3n) is 2.87. The fraction of sp³-hybridized carbons (Fsp3) is 0.143. The highest BCUT2D eigenvalue weighted by molar-refractivity contribution is 9.10. The molecule has 0 aromatic heterocycles. The van der Waals surface area contributed by atoms with Crippen LogP contribution in [0.15, 0.2) is 46.9 Å². The molecular weight excluding hydrogens is 308 g/mol. The van der Waals surface area contributed by atoms with Gasteiger partial charge >= 0.3 is 0 Å². The maximum atomic E-state index is 10.9. The highest BCUT2D eigenvalue weighted by atomic mass is 79.9. The Labute approximate surface area is 119 Å². The predicted octanol–water partition coefficient (Wildman–Crippen LogP) is 4.28. The smallest absolute Gasteiger partial charge is 0.283 e. The quantitative estimate of drug-likeness (QED) is 0.675. The first-order valence-electron chi connectivity index (χ1n) is 5.81. The van der Waals surface area contributed by atoms with E-state index in [2.05, 4.69) is 21.2 Å². The molecule has 2 aromatic rings. The van der Waals surface area contributed by atoms with Crippen LogP contribution in [0.5, 0.6) is 0 Å². The van der Waals surface area contributed by atoms with Crippen molar-refractivity contribution in [3.8, 4) is 0 Å². The Balaban J connectivity index is 2.19. The van der Waals surface area contributed by atoms with Crippen LogP contribution in [0.1, 0.15) is 11.1 Å². The maximum Gasteiger partial charge on any atom is 0.283 e. The molecule has 0 saturated heterocycles. The van der Waals surface area contributed by atoms with Gasteiger partial charge in [0.2, 0.25) is 0 Å². The number of hydrogen-bond donors (Lipinski definition) is 1. The molecular formula is C14H13BrN2O2. The minimum atomic E-state index is -0.388. The zero-order chi connectivity index (χ0) is 13.8. The molecule has 0 bridgehead atoms. The highest BCUT2D eigenvalue weighted by Gasteiger charge is 2.14. The third-order valence-corrected chi connectivity index (χ3v) is 3.78. The van der Waals surface area contributed by atoms with Crippen LogP contribution in [0.3, 0.4) is 0 Å². The summed E-state index contributed by atoms with van der Waals surface area (Å²) < 4.78 is 0.529. The minimum Gasteiger partial charge on any atom is -0.381 e. The maximum absolute atomic E-state index is 10.9. The van der Waals surface area contributed by atoms with E-state index in [-0.39, 0.29) is 10.6 Å². The van der Waals surface area contributed by atoms with E-state index < -0.39 is 0 Å². The Morgan fingerprint density at radius 3 is 2.63 bits per heavy atom. The van der Waals surface area contributed by atoms with Gasteiger partial charge in [0.1, 0.15) is 4.47 Å². The summed E-state index contributed by atoms with van der Waals surface area (Å²) in [6, 6.07) is 13.0. The number of hydrogen-bond acceptors (Lipinski definition) is 3. The number of rotatable bonds is 4. The molecule has 0 aliphatic carbocycles. The molecule has 0 aliphatic heterocycles. The molecule has 0 unspecified atom stereocenters. The van der Waals surface area contributed by atoms with Crippen molar-refractivity contribution in [3.63, 3.8) is 0 Å². The number of aryl methyl sites for hydroxylation is 1. The average Bonchev–Trinajstić information content (AvgIpc) is 2.39. The van der Waals surface area contributed by atoms with Crippen LogP contribution in [0.2, 0.25) is 0 Å². The predicted molar refractivity (Wildman–Crippen MR) is 79.3 cm³/mol. The SMILES string of the molecule is Cc1ccccc1NCc1cccc([N+](=O)[O-])c1Br. The summed E-state index contributed by atoms with van der Waals surface area (Å²) in [4.78, 5) is 10.5. The molecule has 0 fully saturated rings. The van der Waals surface area contributed by atoms with Crippen LogP contribution in [0, 0.1) is 17.0 Å². The van der Waals surface area contributed by atoms with Crippen LogP contribution in [-0.2, 0) is 6.54 Å². The Morgan fingerprint density at radius 1 is 1.21 bits per heavy atom. The van der Waals surface area contributed by atoms with Crippen molar-refractivity contribution in [2.24, 2.45) is 0 Å². The standard InChI is InChI=1S/C14H13BrN2O2/c1-10-5-2-3-7-12(10)16-9-11-6-4-8-13(14(11)15)17(18)19/h2-8,16H,9H2,1H3. The zero-order valence-electron chi connectivity index (χ0n) is 10.4. The van der Waals surface area contributed by atoms with Gasteiger partial charge in [-0.3, -0.25) is 10.1 Å². The van der Waals surface area contributed by atoms with Gasteiger partial charge in [-0.05, 0) is 40.0 Å². The summed E-state index contributed by atoms with van der Waals surface area (Å²) in [5.74, 6) is 0. The lowest BCUT2D eigenvalue weighted by Gasteiger charge is -2.10. The van der Waals surface area contributed by atoms with Crippen molar-refractivity contribution in [2.75, 3.05) is 5.32 Å². The topological polar surface area (TPSA) is 55.2 Å². The Morgan fingerprint density at radius 2 is 1.95 bits per heavy atom. The van der Waals surface area contributed by atoms with E-state index in [1.165, 1.54) is 6.07 Å². The van der Waals surface area contributed by atoms with Gasteiger partial charge in [0.15, 0.2) is 0 Å². The summed E-state index contributed by atoms with van der Waals surface area (Å²) in [5, 5.41) is 14.1. The normalized spacial score (nSPS) is 10.2. The van der Waals surface area contributed by atoms with Gasteiger partial charge in [-0.25, -0.2) is 0 Å². The molecule has 2 aromatic carbocycles. The Bertz CT molecular complexity index is 614. The van der Waals surface area contributed by atoms with Crippen LogP contribution in [0.4, 0.5) is 11.4 Å². The third kappa shape index (κ3) is 3.12. The molecule has 0 atom stereocenters. The minimum absolute atomic E-state index is 0.0871. The van der Waals surface area contributed by atoms with Crippen molar-refractivity contribution < 1.29 is 4.92 Å². The molecule has 98 valence electrons. The van der Waals surface area contributed by atoms with Gasteiger partial charge < -0.3 is 5.32 Å². The average molecular weight is 321 g/mol. The monoisotopic (exact) mass is 320 g/mol. The lowest BCUT2D eigenvalue weighted by atomic mass is 10.1. The molecule has 0 saturated carbocycles. The van der Waals surface area contributed by atoms with E-state index in [1.54, 1.807) is 6.07 Å². The van der Waals surface area contributed by atoms with E-state index in [4.69, 9.17) is 0 Å². The number of halogens is 1. The van der Waals surface area contributed by atoms with E-state index >= 15 is 0 Å². The lowest BCUT2D eigenvalue weighted by molar-refractivity contribution is -0.385. The first-order valence-corrected chi connectivity index (χ1v) is 6.60. The molecule has 0 heterocycles. The van der Waals surface area contributed by atoms with Crippen LogP contribution >= 0.6 is 15.9 Å². The number of nitrogens with zero attached hydrogens (tertiary/aromatic N) is 1. The molecule has 0 spiro atoms. The van der Waals surface area contributed by atoms with Gasteiger partial charge in [-0.2, -0.15) is 0 Å². The second kappa shape index (κ2) is 5.84. The molecule has 0 amide bonds. The van der Waals surface area contributed by atoms with E-state index in [9.17, 15) is 10.1 Å². The molecule has 19 heavy (non-hydrogen) atoms. The number of benzene rings is 2. The van der Waals surface area contributed by atoms with Crippen LogP contribution in [0.25, 0.3) is 0 Å². The van der Waals surface area contributed by atoms with Crippen molar-refractivity contribution in [3.05, 3.63) is 68.2 Å². The number of para-hydroxylation sites is 1. The molecule has 0 aliphatic rings. The Hall–Kier alpha value is -1.88.